The SMILES string of the molecule is CCC1CCCC1N1CCC(C)C(CN)C1. The fourth-order valence-electron chi connectivity index (χ4n) is 3.76. The monoisotopic (exact) mass is 224 g/mol. The molecule has 2 nitrogen and oxygen atoms in total. The predicted molar refractivity (Wildman–Crippen MR) is 69.3 cm³/mol. The van der Waals surface area contributed by atoms with E-state index < -0.39 is 0 Å². The zero-order valence-corrected chi connectivity index (χ0v) is 11.0. The Morgan fingerprint density at radius 1 is 1.19 bits per heavy atom. The number of piperidine rings is 1. The predicted octanol–water partition coefficient (Wildman–Crippen LogP) is 2.48. The minimum Gasteiger partial charge on any atom is -0.330 e. The van der Waals surface area contributed by atoms with E-state index in [0.29, 0.717) is 0 Å². The molecule has 16 heavy (non-hydrogen) atoms. The maximum absolute atomic E-state index is 5.90. The van der Waals surface area contributed by atoms with Crippen LogP contribution in [0.1, 0.15) is 46.0 Å². The second-order valence-corrected chi connectivity index (χ2v) is 5.92. The average molecular weight is 224 g/mol. The van der Waals surface area contributed by atoms with Gasteiger partial charge in [-0.15, -0.1) is 0 Å². The van der Waals surface area contributed by atoms with Crippen molar-refractivity contribution < 1.29 is 0 Å². The van der Waals surface area contributed by atoms with Crippen LogP contribution in [0.3, 0.4) is 0 Å². The summed E-state index contributed by atoms with van der Waals surface area (Å²) < 4.78 is 0. The topological polar surface area (TPSA) is 29.3 Å². The van der Waals surface area contributed by atoms with Crippen molar-refractivity contribution >= 4 is 0 Å². The third-order valence-electron chi connectivity index (χ3n) is 5.06. The van der Waals surface area contributed by atoms with Crippen molar-refractivity contribution in [3.05, 3.63) is 0 Å². The highest BCUT2D eigenvalue weighted by Crippen LogP contribution is 2.35. The molecule has 4 unspecified atom stereocenters. The van der Waals surface area contributed by atoms with Crippen molar-refractivity contribution in [2.24, 2.45) is 23.5 Å². The van der Waals surface area contributed by atoms with Crippen LogP contribution in [0.25, 0.3) is 0 Å². The first kappa shape index (κ1) is 12.4. The third-order valence-corrected chi connectivity index (χ3v) is 5.06. The number of hydrogen-bond acceptors (Lipinski definition) is 2. The summed E-state index contributed by atoms with van der Waals surface area (Å²) in [5.41, 5.74) is 5.90. The van der Waals surface area contributed by atoms with Gasteiger partial charge in [0.2, 0.25) is 0 Å². The van der Waals surface area contributed by atoms with Gasteiger partial charge in [-0.25, -0.2) is 0 Å². The summed E-state index contributed by atoms with van der Waals surface area (Å²) in [6.07, 6.45) is 7.06. The van der Waals surface area contributed by atoms with E-state index in [1.807, 2.05) is 0 Å². The molecule has 0 aromatic rings. The van der Waals surface area contributed by atoms with E-state index in [4.69, 9.17) is 5.73 Å². The second kappa shape index (κ2) is 5.50. The molecule has 94 valence electrons. The molecular weight excluding hydrogens is 196 g/mol. The molecule has 1 aliphatic heterocycles. The van der Waals surface area contributed by atoms with Crippen LogP contribution >= 0.6 is 0 Å². The fraction of sp³-hybridized carbons (Fsp3) is 1.00. The third kappa shape index (κ3) is 2.43. The van der Waals surface area contributed by atoms with Crippen LogP contribution in [0.2, 0.25) is 0 Å². The molecule has 1 saturated heterocycles. The van der Waals surface area contributed by atoms with Gasteiger partial charge >= 0.3 is 0 Å². The van der Waals surface area contributed by atoms with Gasteiger partial charge in [-0.3, -0.25) is 4.90 Å². The lowest BCUT2D eigenvalue weighted by molar-refractivity contribution is 0.0723. The Kier molecular flexibility index (Phi) is 4.26. The summed E-state index contributed by atoms with van der Waals surface area (Å²) in [5, 5.41) is 0. The van der Waals surface area contributed by atoms with Gasteiger partial charge in [-0.2, -0.15) is 0 Å². The van der Waals surface area contributed by atoms with Gasteiger partial charge in [0, 0.05) is 12.6 Å². The second-order valence-electron chi connectivity index (χ2n) is 5.92. The van der Waals surface area contributed by atoms with Crippen LogP contribution in [-0.4, -0.2) is 30.6 Å². The molecule has 2 rings (SSSR count). The maximum atomic E-state index is 5.90. The minimum absolute atomic E-state index is 0.742. The molecule has 0 radical (unpaired) electrons. The van der Waals surface area contributed by atoms with Crippen molar-refractivity contribution in [1.29, 1.82) is 0 Å². The smallest absolute Gasteiger partial charge is 0.0123 e. The Hall–Kier alpha value is -0.0800. The van der Waals surface area contributed by atoms with Crippen LogP contribution < -0.4 is 5.73 Å². The van der Waals surface area contributed by atoms with Gasteiger partial charge in [0.25, 0.3) is 0 Å². The van der Waals surface area contributed by atoms with Crippen molar-refractivity contribution in [1.82, 2.24) is 4.90 Å². The lowest BCUT2D eigenvalue weighted by Gasteiger charge is -2.41. The summed E-state index contributed by atoms with van der Waals surface area (Å²) in [7, 11) is 0. The number of rotatable bonds is 3. The van der Waals surface area contributed by atoms with Gasteiger partial charge in [0.15, 0.2) is 0 Å². The van der Waals surface area contributed by atoms with Gasteiger partial charge in [-0.1, -0.05) is 26.7 Å². The van der Waals surface area contributed by atoms with Crippen LogP contribution in [0, 0.1) is 17.8 Å². The first-order chi connectivity index (χ1) is 7.76. The van der Waals surface area contributed by atoms with E-state index >= 15 is 0 Å². The molecule has 1 aliphatic carbocycles. The van der Waals surface area contributed by atoms with Gasteiger partial charge in [0.1, 0.15) is 0 Å². The van der Waals surface area contributed by atoms with Crippen molar-refractivity contribution in [3.63, 3.8) is 0 Å². The zero-order chi connectivity index (χ0) is 11.5. The number of nitrogens with zero attached hydrogens (tertiary/aromatic N) is 1. The van der Waals surface area contributed by atoms with Gasteiger partial charge in [0.05, 0.1) is 0 Å². The van der Waals surface area contributed by atoms with Gasteiger partial charge < -0.3 is 5.73 Å². The summed E-state index contributed by atoms with van der Waals surface area (Å²) in [6, 6.07) is 0.881. The molecule has 0 aromatic carbocycles. The molecule has 2 heteroatoms. The molecule has 1 heterocycles. The molecule has 0 bridgehead atoms. The Morgan fingerprint density at radius 3 is 2.69 bits per heavy atom. The van der Waals surface area contributed by atoms with E-state index in [9.17, 15) is 0 Å². The van der Waals surface area contributed by atoms with Crippen LogP contribution in [0.15, 0.2) is 0 Å². The fourth-order valence-corrected chi connectivity index (χ4v) is 3.76. The highest BCUT2D eigenvalue weighted by atomic mass is 15.2. The average Bonchev–Trinajstić information content (AvgIpc) is 2.78. The molecule has 0 aromatic heterocycles. The van der Waals surface area contributed by atoms with Crippen LogP contribution in [0.4, 0.5) is 0 Å². The maximum Gasteiger partial charge on any atom is 0.0123 e. The molecule has 2 N–H and O–H groups in total. The summed E-state index contributed by atoms with van der Waals surface area (Å²) >= 11 is 0. The molecule has 0 spiro atoms. The van der Waals surface area contributed by atoms with Crippen LogP contribution in [-0.2, 0) is 0 Å². The summed E-state index contributed by atoms with van der Waals surface area (Å²) in [4.78, 5) is 2.76. The Morgan fingerprint density at radius 2 is 2.00 bits per heavy atom. The first-order valence-electron chi connectivity index (χ1n) is 7.20. The number of likely N-dealkylation sites (tertiary alicyclic amines) is 1. The van der Waals surface area contributed by atoms with E-state index in [-0.39, 0.29) is 0 Å². The lowest BCUT2D eigenvalue weighted by Crippen LogP contribution is -2.48. The van der Waals surface area contributed by atoms with E-state index in [0.717, 1.165) is 30.3 Å². The molecule has 2 fully saturated rings. The number of nitrogens with two attached hydrogens (primary N) is 1. The summed E-state index contributed by atoms with van der Waals surface area (Å²) in [5.74, 6) is 2.54. The quantitative estimate of drug-likeness (QED) is 0.798. The molecule has 2 aliphatic rings. The van der Waals surface area contributed by atoms with Crippen molar-refractivity contribution in [2.45, 2.75) is 52.0 Å². The van der Waals surface area contributed by atoms with E-state index in [2.05, 4.69) is 18.7 Å². The Bertz CT molecular complexity index is 217. The molecule has 1 saturated carbocycles. The Balaban J connectivity index is 1.94. The van der Waals surface area contributed by atoms with Gasteiger partial charge in [-0.05, 0) is 50.1 Å². The lowest BCUT2D eigenvalue weighted by atomic mass is 9.85. The largest absolute Gasteiger partial charge is 0.330 e. The number of hydrogen-bond donors (Lipinski definition) is 1. The highest BCUT2D eigenvalue weighted by molar-refractivity contribution is 4.89. The standard InChI is InChI=1S/C14H28N2/c1-3-12-5-4-6-14(12)16-8-7-11(2)13(9-15)10-16/h11-14H,3-10,15H2,1-2H3. The van der Waals surface area contributed by atoms with Crippen molar-refractivity contribution in [2.75, 3.05) is 19.6 Å². The van der Waals surface area contributed by atoms with Crippen LogP contribution in [0.5, 0.6) is 0 Å². The molecule has 4 atom stereocenters. The normalized spacial score (nSPS) is 41.4. The molecule has 0 amide bonds. The van der Waals surface area contributed by atoms with E-state index in [1.54, 1.807) is 0 Å². The Labute approximate surface area is 101 Å². The highest BCUT2D eigenvalue weighted by Gasteiger charge is 2.35. The molecular formula is C14H28N2. The first-order valence-corrected chi connectivity index (χ1v) is 7.20. The minimum atomic E-state index is 0.742. The zero-order valence-electron chi connectivity index (χ0n) is 11.0. The summed E-state index contributed by atoms with van der Waals surface area (Å²) in [6.45, 7) is 8.19. The van der Waals surface area contributed by atoms with Crippen molar-refractivity contribution in [3.8, 4) is 0 Å². The van der Waals surface area contributed by atoms with E-state index in [1.165, 1.54) is 45.2 Å².